The summed E-state index contributed by atoms with van der Waals surface area (Å²) in [7, 11) is 1.79. The molecule has 1 saturated heterocycles. The van der Waals surface area contributed by atoms with Crippen LogP contribution in [-0.4, -0.2) is 52.3 Å². The molecule has 1 atom stereocenters. The predicted octanol–water partition coefficient (Wildman–Crippen LogP) is 2.98. The molecule has 2 N–H and O–H groups in total. The van der Waals surface area contributed by atoms with E-state index >= 15 is 0 Å². The molecule has 0 amide bonds. The number of likely N-dealkylation sites (tertiary alicyclic amines) is 1. The van der Waals surface area contributed by atoms with Crippen LogP contribution < -0.4 is 10.6 Å². The van der Waals surface area contributed by atoms with E-state index in [0.717, 1.165) is 42.7 Å². The molecule has 1 aliphatic rings. The van der Waals surface area contributed by atoms with Crippen molar-refractivity contribution in [2.24, 2.45) is 4.99 Å². The molecule has 0 radical (unpaired) electrons. The summed E-state index contributed by atoms with van der Waals surface area (Å²) in [6.07, 6.45) is 9.65. The second-order valence-electron chi connectivity index (χ2n) is 7.05. The number of hydrogen-bond acceptors (Lipinski definition) is 5. The highest BCUT2D eigenvalue weighted by Gasteiger charge is 2.25. The van der Waals surface area contributed by atoms with Crippen molar-refractivity contribution < 1.29 is 4.42 Å². The van der Waals surface area contributed by atoms with Gasteiger partial charge in [0.25, 0.3) is 0 Å². The predicted molar refractivity (Wildman–Crippen MR) is 127 cm³/mol. The molecular weight excluding hydrogens is 493 g/mol. The first-order chi connectivity index (χ1) is 14.3. The average molecular weight is 521 g/mol. The summed E-state index contributed by atoms with van der Waals surface area (Å²) in [5, 5.41) is 11.1. The van der Waals surface area contributed by atoms with Crippen LogP contribution in [0.3, 0.4) is 0 Å². The van der Waals surface area contributed by atoms with Gasteiger partial charge in [-0.3, -0.25) is 9.89 Å². The van der Waals surface area contributed by atoms with Gasteiger partial charge in [0.2, 0.25) is 0 Å². The van der Waals surface area contributed by atoms with E-state index in [1.165, 1.54) is 12.8 Å². The smallest absolute Gasteiger partial charge is 0.191 e. The highest BCUT2D eigenvalue weighted by Crippen LogP contribution is 2.24. The zero-order valence-corrected chi connectivity index (χ0v) is 19.4. The summed E-state index contributed by atoms with van der Waals surface area (Å²) in [4.78, 5) is 11.2. The average Bonchev–Trinajstić information content (AvgIpc) is 3.54. The third kappa shape index (κ3) is 5.60. The van der Waals surface area contributed by atoms with Crippen LogP contribution in [0.25, 0.3) is 5.82 Å². The number of hydrogen-bond donors (Lipinski definition) is 2. The van der Waals surface area contributed by atoms with E-state index in [1.54, 1.807) is 30.4 Å². The third-order valence-corrected chi connectivity index (χ3v) is 5.15. The molecule has 160 valence electrons. The van der Waals surface area contributed by atoms with Crippen LogP contribution in [0, 0.1) is 0 Å². The van der Waals surface area contributed by atoms with Crippen LogP contribution >= 0.6 is 24.0 Å². The van der Waals surface area contributed by atoms with E-state index in [-0.39, 0.29) is 30.0 Å². The number of pyridine rings is 1. The Labute approximate surface area is 193 Å². The van der Waals surface area contributed by atoms with Crippen LogP contribution in [0.5, 0.6) is 0 Å². The van der Waals surface area contributed by atoms with Gasteiger partial charge in [-0.15, -0.1) is 24.0 Å². The lowest BCUT2D eigenvalue weighted by molar-refractivity contribution is 0.215. The Morgan fingerprint density at radius 1 is 1.20 bits per heavy atom. The fourth-order valence-electron chi connectivity index (χ4n) is 3.64. The Bertz CT molecular complexity index is 905. The highest BCUT2D eigenvalue weighted by molar-refractivity contribution is 14.0. The second kappa shape index (κ2) is 11.1. The second-order valence-corrected chi connectivity index (χ2v) is 7.05. The Morgan fingerprint density at radius 3 is 2.77 bits per heavy atom. The Hall–Kier alpha value is -2.40. The molecule has 1 fully saturated rings. The van der Waals surface area contributed by atoms with Crippen molar-refractivity contribution in [1.82, 2.24) is 30.3 Å². The van der Waals surface area contributed by atoms with E-state index in [4.69, 9.17) is 4.42 Å². The standard InChI is InChI=1S/C21H27N7O.HI/c1-22-21(24-15-17-7-9-23-20(14-17)28-12-5-8-26-28)25-16-18(19-6-4-13-29-19)27-10-2-3-11-27;/h4-9,12-14,18H,2-3,10-11,15-16H2,1H3,(H2,22,24,25);1H. The number of furan rings is 1. The maximum absolute atomic E-state index is 5.69. The zero-order valence-electron chi connectivity index (χ0n) is 17.1. The number of halogens is 1. The Balaban J connectivity index is 0.00000256. The molecule has 3 aromatic heterocycles. The van der Waals surface area contributed by atoms with Gasteiger partial charge in [0.1, 0.15) is 5.76 Å². The normalized spacial score (nSPS) is 15.6. The first-order valence-electron chi connectivity index (χ1n) is 10.0. The maximum atomic E-state index is 5.69. The molecular formula is C21H28IN7O. The van der Waals surface area contributed by atoms with E-state index in [1.807, 2.05) is 30.5 Å². The minimum Gasteiger partial charge on any atom is -0.468 e. The summed E-state index contributed by atoms with van der Waals surface area (Å²) in [5.41, 5.74) is 1.11. The molecule has 1 unspecified atom stereocenters. The lowest BCUT2D eigenvalue weighted by Gasteiger charge is -2.26. The summed E-state index contributed by atoms with van der Waals surface area (Å²) in [6, 6.07) is 10.1. The monoisotopic (exact) mass is 521 g/mol. The molecule has 0 spiro atoms. The van der Waals surface area contributed by atoms with Crippen molar-refractivity contribution in [2.45, 2.75) is 25.4 Å². The van der Waals surface area contributed by atoms with Crippen LogP contribution in [0.1, 0.15) is 30.2 Å². The van der Waals surface area contributed by atoms with Gasteiger partial charge in [0.05, 0.1) is 12.3 Å². The van der Waals surface area contributed by atoms with Gasteiger partial charge >= 0.3 is 0 Å². The molecule has 0 saturated carbocycles. The molecule has 4 rings (SSSR count). The van der Waals surface area contributed by atoms with E-state index in [2.05, 4.69) is 36.7 Å². The van der Waals surface area contributed by atoms with Gasteiger partial charge in [-0.25, -0.2) is 9.67 Å². The Morgan fingerprint density at radius 2 is 2.07 bits per heavy atom. The number of aromatic nitrogens is 3. The molecule has 3 aromatic rings. The van der Waals surface area contributed by atoms with Crippen molar-refractivity contribution in [1.29, 1.82) is 0 Å². The minimum absolute atomic E-state index is 0. The van der Waals surface area contributed by atoms with Crippen molar-refractivity contribution in [3.63, 3.8) is 0 Å². The fourth-order valence-corrected chi connectivity index (χ4v) is 3.64. The van der Waals surface area contributed by atoms with Crippen molar-refractivity contribution >= 4 is 29.9 Å². The van der Waals surface area contributed by atoms with Crippen LogP contribution in [-0.2, 0) is 6.54 Å². The van der Waals surface area contributed by atoms with Gasteiger partial charge in [-0.1, -0.05) is 0 Å². The van der Waals surface area contributed by atoms with Crippen molar-refractivity contribution in [2.75, 3.05) is 26.7 Å². The minimum atomic E-state index is 0. The molecule has 9 heteroatoms. The SMILES string of the molecule is CN=C(NCc1ccnc(-n2cccn2)c1)NCC(c1ccco1)N1CCCC1.I. The molecule has 1 aliphatic heterocycles. The molecule has 0 bridgehead atoms. The highest BCUT2D eigenvalue weighted by atomic mass is 127. The Kier molecular flexibility index (Phi) is 8.26. The van der Waals surface area contributed by atoms with Gasteiger partial charge in [0, 0.05) is 38.7 Å². The number of aliphatic imine (C=N–C) groups is 1. The van der Waals surface area contributed by atoms with Crippen molar-refractivity contribution in [3.8, 4) is 5.82 Å². The van der Waals surface area contributed by atoms with Crippen molar-refractivity contribution in [3.05, 3.63) is 66.5 Å². The summed E-state index contributed by atoms with van der Waals surface area (Å²) in [5.74, 6) is 2.55. The van der Waals surface area contributed by atoms with Gasteiger partial charge in [-0.05, 0) is 61.8 Å². The van der Waals surface area contributed by atoms with Crippen LogP contribution in [0.2, 0.25) is 0 Å². The topological polar surface area (TPSA) is 83.5 Å². The van der Waals surface area contributed by atoms with Crippen LogP contribution in [0.15, 0.2) is 64.6 Å². The maximum Gasteiger partial charge on any atom is 0.191 e. The number of nitrogens with one attached hydrogen (secondary N) is 2. The molecule has 30 heavy (non-hydrogen) atoms. The number of guanidine groups is 1. The number of rotatable bonds is 7. The fraction of sp³-hybridized carbons (Fsp3) is 0.381. The zero-order chi connectivity index (χ0) is 19.9. The third-order valence-electron chi connectivity index (χ3n) is 5.15. The molecule has 0 aromatic carbocycles. The molecule has 4 heterocycles. The first kappa shape index (κ1) is 22.3. The van der Waals surface area contributed by atoms with Gasteiger partial charge < -0.3 is 15.1 Å². The van der Waals surface area contributed by atoms with Crippen LogP contribution in [0.4, 0.5) is 0 Å². The first-order valence-corrected chi connectivity index (χ1v) is 10.0. The van der Waals surface area contributed by atoms with Gasteiger partial charge in [-0.2, -0.15) is 5.10 Å². The quantitative estimate of drug-likeness (QED) is 0.283. The lowest BCUT2D eigenvalue weighted by Crippen LogP contribution is -2.42. The van der Waals surface area contributed by atoms with E-state index in [9.17, 15) is 0 Å². The summed E-state index contributed by atoms with van der Waals surface area (Å²) in [6.45, 7) is 3.59. The van der Waals surface area contributed by atoms with E-state index in [0.29, 0.717) is 6.54 Å². The summed E-state index contributed by atoms with van der Waals surface area (Å²) >= 11 is 0. The van der Waals surface area contributed by atoms with E-state index < -0.39 is 0 Å². The van der Waals surface area contributed by atoms with Gasteiger partial charge in [0.15, 0.2) is 11.8 Å². The number of nitrogens with zero attached hydrogens (tertiary/aromatic N) is 5. The largest absolute Gasteiger partial charge is 0.468 e. The lowest BCUT2D eigenvalue weighted by atomic mass is 10.2. The molecule has 8 nitrogen and oxygen atoms in total. The molecule has 0 aliphatic carbocycles. The summed E-state index contributed by atoms with van der Waals surface area (Å²) < 4.78 is 7.45.